The van der Waals surface area contributed by atoms with Crippen molar-refractivity contribution < 1.29 is 9.34 Å². The minimum Gasteiger partial charge on any atom is -0.466 e. The molecule has 0 saturated heterocycles. The molecule has 0 radical (unpaired) electrons. The highest BCUT2D eigenvalue weighted by Crippen LogP contribution is 2.43. The maximum Gasteiger partial charge on any atom is 0.329 e. The summed E-state index contributed by atoms with van der Waals surface area (Å²) in [6, 6.07) is 1.99. The predicted octanol–water partition coefficient (Wildman–Crippen LogP) is 2.99. The van der Waals surface area contributed by atoms with E-state index >= 15 is 0 Å². The van der Waals surface area contributed by atoms with Gasteiger partial charge in [-0.05, 0) is 24.8 Å². The second-order valence-electron chi connectivity index (χ2n) is 6.70. The van der Waals surface area contributed by atoms with Crippen LogP contribution in [0.25, 0.3) is 0 Å². The van der Waals surface area contributed by atoms with Gasteiger partial charge in [0, 0.05) is 12.0 Å². The van der Waals surface area contributed by atoms with Crippen LogP contribution in [-0.2, 0) is 6.42 Å². The Bertz CT molecular complexity index is 768. The van der Waals surface area contributed by atoms with Gasteiger partial charge in [-0.1, -0.05) is 13.8 Å². The monoisotopic (exact) mass is 317 g/mol. The van der Waals surface area contributed by atoms with Crippen LogP contribution >= 0.6 is 0 Å². The molecule has 1 aliphatic carbocycles. The first-order valence-electron chi connectivity index (χ1n) is 7.38. The van der Waals surface area contributed by atoms with Crippen molar-refractivity contribution in [3.63, 3.8) is 0 Å². The van der Waals surface area contributed by atoms with Gasteiger partial charge in [-0.3, -0.25) is 10.1 Å². The van der Waals surface area contributed by atoms with Crippen LogP contribution in [0, 0.1) is 22.5 Å². The van der Waals surface area contributed by atoms with E-state index in [0.717, 1.165) is 36.1 Å². The molecule has 0 amide bonds. The topological polar surface area (TPSA) is 120 Å². The number of nitrogens with one attached hydrogen (secondary N) is 1. The maximum atomic E-state index is 10.8. The average molecular weight is 317 g/mol. The first kappa shape index (κ1) is 15.3. The number of aromatic nitrogens is 2. The normalized spacial score (nSPS) is 19.2. The van der Waals surface area contributed by atoms with Crippen molar-refractivity contribution in [2.45, 2.75) is 39.7 Å². The van der Waals surface area contributed by atoms with Crippen molar-refractivity contribution in [1.82, 2.24) is 9.97 Å². The molecule has 1 atom stereocenters. The van der Waals surface area contributed by atoms with Crippen molar-refractivity contribution in [2.75, 3.05) is 11.1 Å². The zero-order chi connectivity index (χ0) is 16.8. The number of fused-ring (bicyclic) bond motifs is 1. The van der Waals surface area contributed by atoms with E-state index in [1.165, 1.54) is 0 Å². The fourth-order valence-corrected chi connectivity index (χ4v) is 3.07. The molecule has 1 aliphatic rings. The molecule has 0 bridgehead atoms. The van der Waals surface area contributed by atoms with Crippen molar-refractivity contribution in [3.05, 3.63) is 39.5 Å². The van der Waals surface area contributed by atoms with E-state index < -0.39 is 4.92 Å². The number of hydrogen-bond acceptors (Lipinski definition) is 7. The van der Waals surface area contributed by atoms with Crippen LogP contribution in [0.3, 0.4) is 0 Å². The number of nitrogen functional groups attached to an aromatic ring is 1. The molecule has 8 heteroatoms. The number of furan rings is 1. The Morgan fingerprint density at radius 3 is 2.91 bits per heavy atom. The lowest BCUT2D eigenvalue weighted by molar-refractivity contribution is -0.384. The Hall–Kier alpha value is -2.64. The second-order valence-corrected chi connectivity index (χ2v) is 6.70. The van der Waals surface area contributed by atoms with Crippen LogP contribution < -0.4 is 11.1 Å². The number of aryl methyl sites for hydroxylation is 1. The van der Waals surface area contributed by atoms with E-state index in [0.29, 0.717) is 0 Å². The summed E-state index contributed by atoms with van der Waals surface area (Å²) in [5.41, 5.74) is 6.49. The minimum absolute atomic E-state index is 0.0212. The summed E-state index contributed by atoms with van der Waals surface area (Å²) < 4.78 is 5.79. The van der Waals surface area contributed by atoms with Gasteiger partial charge in [-0.2, -0.15) is 4.98 Å². The fraction of sp³-hybridized carbons (Fsp3) is 0.467. The molecule has 3 rings (SSSR count). The summed E-state index contributed by atoms with van der Waals surface area (Å²) in [7, 11) is 0. The van der Waals surface area contributed by atoms with E-state index in [1.807, 2.05) is 13.0 Å². The van der Waals surface area contributed by atoms with E-state index in [1.54, 1.807) is 0 Å². The van der Waals surface area contributed by atoms with Crippen LogP contribution in [0.1, 0.15) is 43.4 Å². The van der Waals surface area contributed by atoms with Crippen LogP contribution in [0.15, 0.2) is 16.7 Å². The SMILES string of the molecule is Cc1cc2c(o1)CC(C)(C)CC2Nc1ncc([N+](=O)[O-])c(N)n1. The highest BCUT2D eigenvalue weighted by atomic mass is 16.6. The molecular weight excluding hydrogens is 298 g/mol. The minimum atomic E-state index is -0.597. The Labute approximate surface area is 133 Å². The van der Waals surface area contributed by atoms with Crippen LogP contribution in [0.4, 0.5) is 17.5 Å². The van der Waals surface area contributed by atoms with Gasteiger partial charge in [-0.15, -0.1) is 0 Å². The van der Waals surface area contributed by atoms with Gasteiger partial charge in [0.1, 0.15) is 17.7 Å². The smallest absolute Gasteiger partial charge is 0.329 e. The first-order chi connectivity index (χ1) is 10.7. The van der Waals surface area contributed by atoms with Crippen molar-refractivity contribution >= 4 is 17.5 Å². The number of anilines is 2. The Morgan fingerprint density at radius 1 is 1.52 bits per heavy atom. The zero-order valence-corrected chi connectivity index (χ0v) is 13.3. The van der Waals surface area contributed by atoms with Gasteiger partial charge in [0.05, 0.1) is 11.0 Å². The molecule has 3 N–H and O–H groups in total. The highest BCUT2D eigenvalue weighted by molar-refractivity contribution is 5.53. The van der Waals surface area contributed by atoms with Crippen molar-refractivity contribution in [2.24, 2.45) is 5.41 Å². The van der Waals surface area contributed by atoms with Gasteiger partial charge in [0.2, 0.25) is 11.8 Å². The molecule has 0 aliphatic heterocycles. The van der Waals surface area contributed by atoms with Gasteiger partial charge >= 0.3 is 5.69 Å². The molecule has 0 aromatic carbocycles. The van der Waals surface area contributed by atoms with Gasteiger partial charge in [0.15, 0.2) is 0 Å². The first-order valence-corrected chi connectivity index (χ1v) is 7.38. The average Bonchev–Trinajstić information content (AvgIpc) is 2.77. The van der Waals surface area contributed by atoms with E-state index in [4.69, 9.17) is 10.2 Å². The molecule has 8 nitrogen and oxygen atoms in total. The second kappa shape index (κ2) is 5.22. The maximum absolute atomic E-state index is 10.8. The summed E-state index contributed by atoms with van der Waals surface area (Å²) in [6.45, 7) is 6.27. The van der Waals surface area contributed by atoms with Crippen LogP contribution in [0.5, 0.6) is 0 Å². The van der Waals surface area contributed by atoms with Crippen LogP contribution in [0.2, 0.25) is 0 Å². The molecule has 122 valence electrons. The fourth-order valence-electron chi connectivity index (χ4n) is 3.07. The number of nitrogens with zero attached hydrogens (tertiary/aromatic N) is 3. The largest absolute Gasteiger partial charge is 0.466 e. The highest BCUT2D eigenvalue weighted by Gasteiger charge is 2.35. The molecule has 0 spiro atoms. The third-order valence-corrected chi connectivity index (χ3v) is 4.03. The summed E-state index contributed by atoms with van der Waals surface area (Å²) in [6.07, 6.45) is 2.87. The van der Waals surface area contributed by atoms with E-state index in [2.05, 4.69) is 29.1 Å². The third kappa shape index (κ3) is 2.96. The molecule has 2 aromatic rings. The zero-order valence-electron chi connectivity index (χ0n) is 13.3. The summed E-state index contributed by atoms with van der Waals surface area (Å²) in [5, 5.41) is 14.0. The summed E-state index contributed by atoms with van der Waals surface area (Å²) >= 11 is 0. The lowest BCUT2D eigenvalue weighted by Gasteiger charge is -2.34. The number of rotatable bonds is 3. The Morgan fingerprint density at radius 2 is 2.26 bits per heavy atom. The van der Waals surface area contributed by atoms with Gasteiger partial charge in [-0.25, -0.2) is 4.98 Å². The molecule has 23 heavy (non-hydrogen) atoms. The van der Waals surface area contributed by atoms with Gasteiger partial charge in [0.25, 0.3) is 0 Å². The Balaban J connectivity index is 1.90. The predicted molar refractivity (Wildman–Crippen MR) is 85.0 cm³/mol. The third-order valence-electron chi connectivity index (χ3n) is 4.03. The number of hydrogen-bond donors (Lipinski definition) is 2. The standard InChI is InChI=1S/C15H19N5O3/c1-8-4-9-10(5-15(2,3)6-12(9)23-8)18-14-17-7-11(20(21)22)13(16)19-14/h4,7,10H,5-6H2,1-3H3,(H3,16,17,18,19). The van der Waals surface area contributed by atoms with Crippen molar-refractivity contribution in [1.29, 1.82) is 0 Å². The molecule has 1 unspecified atom stereocenters. The lowest BCUT2D eigenvalue weighted by atomic mass is 9.75. The number of nitro groups is 1. The Kier molecular flexibility index (Phi) is 3.46. The van der Waals surface area contributed by atoms with E-state index in [-0.39, 0.29) is 28.9 Å². The summed E-state index contributed by atoms with van der Waals surface area (Å²) in [5.74, 6) is 1.96. The molecule has 2 heterocycles. The molecule has 0 saturated carbocycles. The molecule has 2 aromatic heterocycles. The van der Waals surface area contributed by atoms with Crippen molar-refractivity contribution in [3.8, 4) is 0 Å². The molecular formula is C15H19N5O3. The van der Waals surface area contributed by atoms with E-state index in [9.17, 15) is 10.1 Å². The quantitative estimate of drug-likeness (QED) is 0.659. The number of nitrogens with two attached hydrogens (primary N) is 1. The van der Waals surface area contributed by atoms with Crippen LogP contribution in [-0.4, -0.2) is 14.9 Å². The lowest BCUT2D eigenvalue weighted by Crippen LogP contribution is -2.29. The molecule has 0 fully saturated rings. The summed E-state index contributed by atoms with van der Waals surface area (Å²) in [4.78, 5) is 18.2. The van der Waals surface area contributed by atoms with Gasteiger partial charge < -0.3 is 15.5 Å².